The molecule has 0 aliphatic rings. The summed E-state index contributed by atoms with van der Waals surface area (Å²) in [6.07, 6.45) is -3.89. The van der Waals surface area contributed by atoms with Gasteiger partial charge in [0.2, 0.25) is 5.89 Å². The molecule has 2 aromatic heterocycles. The quantitative estimate of drug-likeness (QED) is 0.364. The third kappa shape index (κ3) is 4.45. The van der Waals surface area contributed by atoms with Gasteiger partial charge >= 0.3 is 12.2 Å². The monoisotopic (exact) mass is 429 g/mol. The number of hydrogen-bond acceptors (Lipinski definition) is 6. The largest absolute Gasteiger partial charge is 0.476 e. The lowest BCUT2D eigenvalue weighted by Crippen LogP contribution is -2.08. The summed E-state index contributed by atoms with van der Waals surface area (Å²) in [6, 6.07) is 12.0. The second-order valence-electron chi connectivity index (χ2n) is 6.80. The van der Waals surface area contributed by atoms with Crippen molar-refractivity contribution >= 4 is 11.2 Å². The van der Waals surface area contributed by atoms with Crippen molar-refractivity contribution < 1.29 is 27.1 Å². The van der Waals surface area contributed by atoms with Gasteiger partial charge in [0.15, 0.2) is 5.52 Å². The van der Waals surface area contributed by atoms with Crippen LogP contribution in [0.3, 0.4) is 0 Å². The first kappa shape index (κ1) is 20.6. The van der Waals surface area contributed by atoms with Gasteiger partial charge in [-0.1, -0.05) is 36.8 Å². The molecule has 4 rings (SSSR count). The van der Waals surface area contributed by atoms with E-state index in [1.54, 1.807) is 0 Å². The Labute approximate surface area is 175 Å². The number of benzene rings is 2. The van der Waals surface area contributed by atoms with E-state index in [4.69, 9.17) is 13.9 Å². The van der Waals surface area contributed by atoms with Crippen molar-refractivity contribution in [2.45, 2.75) is 26.4 Å². The number of rotatable bonds is 6. The van der Waals surface area contributed by atoms with Crippen LogP contribution < -0.4 is 9.47 Å². The van der Waals surface area contributed by atoms with Crippen LogP contribution in [0, 0.1) is 6.92 Å². The molecule has 0 spiro atoms. The third-order valence-electron chi connectivity index (χ3n) is 4.31. The maximum Gasteiger partial charge on any atom is 0.419 e. The molecule has 9 heteroatoms. The molecule has 0 saturated heterocycles. The molecule has 0 bridgehead atoms. The fraction of sp³-hybridized carbons (Fsp3) is 0.227. The minimum atomic E-state index is -4.59. The number of oxazole rings is 1. The summed E-state index contributed by atoms with van der Waals surface area (Å²) in [5, 5.41) is 0. The van der Waals surface area contributed by atoms with E-state index < -0.39 is 17.5 Å². The molecule has 4 aromatic rings. The Morgan fingerprint density at radius 2 is 1.81 bits per heavy atom. The summed E-state index contributed by atoms with van der Waals surface area (Å²) in [7, 11) is 0. The van der Waals surface area contributed by atoms with Gasteiger partial charge in [-0.3, -0.25) is 0 Å². The lowest BCUT2D eigenvalue weighted by molar-refractivity contribution is -0.138. The number of nitrogens with zero attached hydrogens (tertiary/aromatic N) is 3. The molecule has 2 aromatic carbocycles. The van der Waals surface area contributed by atoms with Crippen molar-refractivity contribution in [3.63, 3.8) is 0 Å². The van der Waals surface area contributed by atoms with Gasteiger partial charge in [-0.05, 0) is 37.6 Å². The number of fused-ring (bicyclic) bond motifs is 1. The highest BCUT2D eigenvalue weighted by molar-refractivity contribution is 5.78. The van der Waals surface area contributed by atoms with Crippen molar-refractivity contribution in [1.29, 1.82) is 0 Å². The van der Waals surface area contributed by atoms with Crippen LogP contribution in [0.25, 0.3) is 22.7 Å². The van der Waals surface area contributed by atoms with Crippen LogP contribution in [0.4, 0.5) is 13.2 Å². The fourth-order valence-corrected chi connectivity index (χ4v) is 2.91. The molecule has 0 atom stereocenters. The molecule has 0 radical (unpaired) electrons. The van der Waals surface area contributed by atoms with Crippen LogP contribution >= 0.6 is 0 Å². The molecule has 0 unspecified atom stereocenters. The van der Waals surface area contributed by atoms with Crippen molar-refractivity contribution in [1.82, 2.24) is 15.0 Å². The molecule has 31 heavy (non-hydrogen) atoms. The van der Waals surface area contributed by atoms with Gasteiger partial charge in [0, 0.05) is 5.56 Å². The zero-order valence-electron chi connectivity index (χ0n) is 16.7. The topological polar surface area (TPSA) is 70.3 Å². The SMILES string of the molecule is CCCOc1nc(Oc2ccccc2C(F)(F)F)nc2oc(-c3cccc(C)c3)nc12. The summed E-state index contributed by atoms with van der Waals surface area (Å²) < 4.78 is 56.7. The average Bonchev–Trinajstić information content (AvgIpc) is 3.16. The van der Waals surface area contributed by atoms with E-state index in [2.05, 4.69) is 15.0 Å². The minimum Gasteiger partial charge on any atom is -0.476 e. The number of ether oxygens (including phenoxy) is 2. The predicted octanol–water partition coefficient (Wildman–Crippen LogP) is 6.19. The van der Waals surface area contributed by atoms with Crippen molar-refractivity contribution in [2.24, 2.45) is 0 Å². The summed E-state index contributed by atoms with van der Waals surface area (Å²) >= 11 is 0. The maximum absolute atomic E-state index is 13.3. The summed E-state index contributed by atoms with van der Waals surface area (Å²) in [6.45, 7) is 4.18. The van der Waals surface area contributed by atoms with E-state index in [1.807, 2.05) is 38.1 Å². The molecule has 0 fully saturated rings. The summed E-state index contributed by atoms with van der Waals surface area (Å²) in [5.74, 6) is -0.0506. The second-order valence-corrected chi connectivity index (χ2v) is 6.80. The van der Waals surface area contributed by atoms with Crippen molar-refractivity contribution in [3.8, 4) is 29.1 Å². The Kier molecular flexibility index (Phi) is 5.50. The average molecular weight is 429 g/mol. The first-order valence-electron chi connectivity index (χ1n) is 9.57. The number of halogens is 3. The lowest BCUT2D eigenvalue weighted by Gasteiger charge is -2.12. The van der Waals surface area contributed by atoms with Crippen molar-refractivity contribution in [2.75, 3.05) is 6.61 Å². The van der Waals surface area contributed by atoms with Crippen molar-refractivity contribution in [3.05, 3.63) is 59.7 Å². The lowest BCUT2D eigenvalue weighted by atomic mass is 10.1. The Morgan fingerprint density at radius 3 is 2.55 bits per heavy atom. The number of hydrogen-bond donors (Lipinski definition) is 0. The zero-order valence-corrected chi connectivity index (χ0v) is 16.7. The third-order valence-corrected chi connectivity index (χ3v) is 4.31. The maximum atomic E-state index is 13.3. The van der Waals surface area contributed by atoms with E-state index in [1.165, 1.54) is 18.2 Å². The molecular weight excluding hydrogens is 411 g/mol. The van der Waals surface area contributed by atoms with Gasteiger partial charge in [-0.15, -0.1) is 0 Å². The Hall–Kier alpha value is -3.62. The molecule has 160 valence electrons. The van der Waals surface area contributed by atoms with Gasteiger partial charge in [0.05, 0.1) is 12.2 Å². The van der Waals surface area contributed by atoms with Crippen LogP contribution in [0.5, 0.6) is 17.6 Å². The van der Waals surface area contributed by atoms with Crippen LogP contribution in [0.1, 0.15) is 24.5 Å². The van der Waals surface area contributed by atoms with Crippen LogP contribution in [0.2, 0.25) is 0 Å². The Bertz CT molecular complexity index is 1220. The summed E-state index contributed by atoms with van der Waals surface area (Å²) in [5.41, 5.74) is 1.12. The van der Waals surface area contributed by atoms with E-state index >= 15 is 0 Å². The molecule has 0 saturated carbocycles. The minimum absolute atomic E-state index is 0.0529. The molecule has 0 N–H and O–H groups in total. The molecular formula is C22H18F3N3O3. The van der Waals surface area contributed by atoms with Gasteiger partial charge in [0.25, 0.3) is 11.6 Å². The highest BCUT2D eigenvalue weighted by atomic mass is 19.4. The van der Waals surface area contributed by atoms with E-state index in [0.29, 0.717) is 18.9 Å². The summed E-state index contributed by atoms with van der Waals surface area (Å²) in [4.78, 5) is 12.7. The van der Waals surface area contributed by atoms with Gasteiger partial charge < -0.3 is 13.9 Å². The normalized spacial score (nSPS) is 11.6. The highest BCUT2D eigenvalue weighted by Crippen LogP contribution is 2.38. The standard InChI is InChI=1S/C22H18F3N3O3/c1-3-11-29-19-17-20(31-18(26-17)14-8-6-7-13(2)12-14)28-21(27-19)30-16-10-5-4-9-15(16)22(23,24)25/h4-10,12H,3,11H2,1-2H3. The first-order valence-corrected chi connectivity index (χ1v) is 9.57. The smallest absolute Gasteiger partial charge is 0.419 e. The molecule has 0 aliphatic heterocycles. The second kappa shape index (κ2) is 8.25. The zero-order chi connectivity index (χ0) is 22.0. The van der Waals surface area contributed by atoms with Gasteiger partial charge in [-0.2, -0.15) is 23.1 Å². The first-order chi connectivity index (χ1) is 14.8. The van der Waals surface area contributed by atoms with E-state index in [-0.39, 0.29) is 23.1 Å². The molecule has 0 amide bonds. The number of alkyl halides is 3. The Morgan fingerprint density at radius 1 is 1.00 bits per heavy atom. The fourth-order valence-electron chi connectivity index (χ4n) is 2.91. The van der Waals surface area contributed by atoms with Gasteiger partial charge in [0.1, 0.15) is 5.75 Å². The molecule has 0 aliphatic carbocycles. The Balaban J connectivity index is 1.78. The number of aromatic nitrogens is 3. The van der Waals surface area contributed by atoms with E-state index in [9.17, 15) is 13.2 Å². The van der Waals surface area contributed by atoms with Crippen LogP contribution in [0.15, 0.2) is 52.9 Å². The number of aryl methyl sites for hydroxylation is 1. The molecule has 2 heterocycles. The molecule has 6 nitrogen and oxygen atoms in total. The van der Waals surface area contributed by atoms with E-state index in [0.717, 1.165) is 17.2 Å². The van der Waals surface area contributed by atoms with Gasteiger partial charge in [-0.25, -0.2) is 4.98 Å². The predicted molar refractivity (Wildman–Crippen MR) is 107 cm³/mol. The van der Waals surface area contributed by atoms with Crippen LogP contribution in [-0.4, -0.2) is 21.6 Å². The number of para-hydroxylation sites is 1. The van der Waals surface area contributed by atoms with Crippen LogP contribution in [-0.2, 0) is 6.18 Å². The highest BCUT2D eigenvalue weighted by Gasteiger charge is 2.34.